The lowest BCUT2D eigenvalue weighted by molar-refractivity contribution is -0.548. The van der Waals surface area contributed by atoms with Gasteiger partial charge in [-0.2, -0.15) is 0 Å². The van der Waals surface area contributed by atoms with Crippen molar-refractivity contribution in [1.82, 2.24) is 5.32 Å². The van der Waals surface area contributed by atoms with E-state index in [1.165, 1.54) is 0 Å². The minimum atomic E-state index is -2.52. The average molecular weight is 319 g/mol. The summed E-state index contributed by atoms with van der Waals surface area (Å²) in [5.41, 5.74) is 1.74. The smallest absolute Gasteiger partial charge is 0.311 e. The van der Waals surface area contributed by atoms with Crippen LogP contribution in [0.25, 0.3) is 0 Å². The van der Waals surface area contributed by atoms with Gasteiger partial charge < -0.3 is 51.2 Å². The molecule has 0 aromatic heterocycles. The quantitative estimate of drug-likeness (QED) is 0.231. The topological polar surface area (TPSA) is 190 Å². The van der Waals surface area contributed by atoms with Crippen LogP contribution in [0.1, 0.15) is 0 Å². The molecule has 22 heavy (non-hydrogen) atoms. The second kappa shape index (κ2) is 3.88. The number of aliphatic hydroxyl groups is 6. The number of hydrogen-bond donors (Lipinski definition) is 8. The fourth-order valence-corrected chi connectivity index (χ4v) is 4.24. The third kappa shape index (κ3) is 1.28. The van der Waals surface area contributed by atoms with Crippen LogP contribution in [0.5, 0.6) is 0 Å². The van der Waals surface area contributed by atoms with Crippen LogP contribution in [-0.4, -0.2) is 91.0 Å². The Balaban J connectivity index is 1.95. The molecule has 0 aromatic rings. The minimum absolute atomic E-state index is 0.250. The molecule has 1 aliphatic carbocycles. The molecule has 124 valence electrons. The third-order valence-corrected chi connectivity index (χ3v) is 5.22. The molecule has 3 saturated heterocycles. The second-order valence-corrected chi connectivity index (χ2v) is 6.22. The summed E-state index contributed by atoms with van der Waals surface area (Å²) in [6.07, 6.45) is -7.77. The van der Waals surface area contributed by atoms with Crippen molar-refractivity contribution in [1.29, 1.82) is 0 Å². The number of nitrogens with one attached hydrogen (secondary N) is 1. The molecule has 5 aliphatic rings. The Kier molecular flexibility index (Phi) is 2.57. The molecule has 9 N–H and O–H groups in total. The highest BCUT2D eigenvalue weighted by molar-refractivity contribution is 5.80. The summed E-state index contributed by atoms with van der Waals surface area (Å²) in [5, 5.41) is 64.3. The predicted octanol–water partition coefficient (Wildman–Crippen LogP) is -5.52. The number of nitrogens with zero attached hydrogens (tertiary/aromatic N) is 1. The number of nitrogens with two attached hydrogens (primary N) is 1. The van der Waals surface area contributed by atoms with Gasteiger partial charge in [-0.3, -0.25) is 0 Å². The Labute approximate surface area is 123 Å². The van der Waals surface area contributed by atoms with Crippen molar-refractivity contribution in [3.63, 3.8) is 0 Å². The van der Waals surface area contributed by atoms with Crippen molar-refractivity contribution in [2.75, 3.05) is 6.61 Å². The van der Waals surface area contributed by atoms with Crippen molar-refractivity contribution >= 4 is 5.96 Å². The fourth-order valence-electron chi connectivity index (χ4n) is 4.24. The molecule has 4 aliphatic heterocycles. The molecule has 11 heteroatoms. The Hall–Kier alpha value is -1.05. The summed E-state index contributed by atoms with van der Waals surface area (Å²) in [7, 11) is 0. The van der Waals surface area contributed by atoms with Crippen LogP contribution in [0.3, 0.4) is 0 Å². The van der Waals surface area contributed by atoms with E-state index in [1.807, 2.05) is 0 Å². The van der Waals surface area contributed by atoms with Gasteiger partial charge >= 0.3 is 5.97 Å². The minimum Gasteiger partial charge on any atom is -0.393 e. The normalized spacial score (nSPS) is 62.4. The van der Waals surface area contributed by atoms with Gasteiger partial charge in [0, 0.05) is 0 Å². The molecule has 5 rings (SSSR count). The molecular weight excluding hydrogens is 302 g/mol. The number of rotatable bonds is 1. The Morgan fingerprint density at radius 3 is 2.45 bits per heavy atom. The standard InChI is InChI=1S/C11H17N3O8/c12-8-13-6(17)2-4-9(19,1-15)5-3(16)10(2,14-8)7(18)11(20,21-4)22-5/h2-7,15-20H,1H2,(H3,12,13,14)/t2-,3?,4+,5?,6?,7+,9+,10-,11?/m1/s1. The van der Waals surface area contributed by atoms with Crippen molar-refractivity contribution in [2.45, 2.75) is 47.8 Å². The van der Waals surface area contributed by atoms with E-state index >= 15 is 0 Å². The van der Waals surface area contributed by atoms with Crippen molar-refractivity contribution < 1.29 is 40.1 Å². The lowest BCUT2D eigenvalue weighted by atomic mass is 9.55. The highest BCUT2D eigenvalue weighted by atomic mass is 16.9. The summed E-state index contributed by atoms with van der Waals surface area (Å²) in [6.45, 7) is -0.857. The fraction of sp³-hybridized carbons (Fsp3) is 0.909. The number of aliphatic hydroxyl groups excluding tert-OH is 4. The van der Waals surface area contributed by atoms with E-state index in [0.717, 1.165) is 0 Å². The molecular formula is C11H17N3O8. The molecule has 1 spiro atoms. The largest absolute Gasteiger partial charge is 0.393 e. The van der Waals surface area contributed by atoms with Gasteiger partial charge in [0.15, 0.2) is 18.3 Å². The van der Waals surface area contributed by atoms with Crippen LogP contribution in [0, 0.1) is 5.92 Å². The highest BCUT2D eigenvalue weighted by Crippen LogP contribution is 2.58. The first kappa shape index (κ1) is 14.5. The maximum absolute atomic E-state index is 10.6. The van der Waals surface area contributed by atoms with Crippen LogP contribution in [0.4, 0.5) is 0 Å². The first-order valence-corrected chi connectivity index (χ1v) is 6.77. The van der Waals surface area contributed by atoms with E-state index in [9.17, 15) is 30.6 Å². The van der Waals surface area contributed by atoms with Crippen LogP contribution >= 0.6 is 0 Å². The van der Waals surface area contributed by atoms with Crippen LogP contribution in [0.15, 0.2) is 4.99 Å². The second-order valence-electron chi connectivity index (χ2n) is 6.22. The molecule has 1 saturated carbocycles. The molecule has 4 fully saturated rings. The average Bonchev–Trinajstić information content (AvgIpc) is 2.45. The van der Waals surface area contributed by atoms with E-state index in [1.54, 1.807) is 0 Å². The van der Waals surface area contributed by atoms with Gasteiger partial charge in [0.1, 0.15) is 29.5 Å². The first-order valence-electron chi connectivity index (χ1n) is 6.77. The molecule has 9 atom stereocenters. The maximum atomic E-state index is 10.6. The number of guanidine groups is 1. The maximum Gasteiger partial charge on any atom is 0.311 e. The van der Waals surface area contributed by atoms with E-state index in [0.29, 0.717) is 0 Å². The molecule has 0 radical (unpaired) electrons. The number of ether oxygens (including phenoxy) is 2. The van der Waals surface area contributed by atoms with Crippen LogP contribution in [0.2, 0.25) is 0 Å². The summed E-state index contributed by atoms with van der Waals surface area (Å²) in [5.74, 6) is -3.95. The number of hydrogen-bond acceptors (Lipinski definition) is 11. The van der Waals surface area contributed by atoms with E-state index in [4.69, 9.17) is 15.2 Å². The van der Waals surface area contributed by atoms with Crippen LogP contribution in [-0.2, 0) is 9.47 Å². The molecule has 0 amide bonds. The van der Waals surface area contributed by atoms with E-state index < -0.39 is 60.3 Å². The lowest BCUT2D eigenvalue weighted by Crippen LogP contribution is -2.95. The molecule has 4 heterocycles. The molecule has 4 bridgehead atoms. The van der Waals surface area contributed by atoms with Crippen molar-refractivity contribution in [3.05, 3.63) is 0 Å². The molecule has 4 unspecified atom stereocenters. The zero-order valence-electron chi connectivity index (χ0n) is 11.2. The predicted molar refractivity (Wildman–Crippen MR) is 65.7 cm³/mol. The SMILES string of the molecule is NC1=NC(O)[C@H]2[C@@H]3OC4(O)OC(C(O)[C@@]2(N1)[C@@H]4O)[C@]3(O)CO. The van der Waals surface area contributed by atoms with Crippen molar-refractivity contribution in [2.24, 2.45) is 16.6 Å². The Morgan fingerprint density at radius 2 is 1.82 bits per heavy atom. The van der Waals surface area contributed by atoms with Crippen molar-refractivity contribution in [3.8, 4) is 0 Å². The lowest BCUT2D eigenvalue weighted by Gasteiger charge is -2.71. The monoisotopic (exact) mass is 319 g/mol. The summed E-state index contributed by atoms with van der Waals surface area (Å²) < 4.78 is 10.3. The zero-order chi connectivity index (χ0) is 16.1. The third-order valence-electron chi connectivity index (χ3n) is 5.22. The van der Waals surface area contributed by atoms with Gasteiger partial charge in [0.2, 0.25) is 0 Å². The molecule has 11 nitrogen and oxygen atoms in total. The van der Waals surface area contributed by atoms with E-state index in [-0.39, 0.29) is 5.96 Å². The summed E-state index contributed by atoms with van der Waals surface area (Å²) >= 11 is 0. The van der Waals surface area contributed by atoms with Crippen LogP contribution < -0.4 is 11.1 Å². The van der Waals surface area contributed by atoms with Gasteiger partial charge in [-0.1, -0.05) is 0 Å². The van der Waals surface area contributed by atoms with E-state index in [2.05, 4.69) is 10.3 Å². The van der Waals surface area contributed by atoms with Gasteiger partial charge in [0.25, 0.3) is 0 Å². The Bertz CT molecular complexity index is 561. The first-order chi connectivity index (χ1) is 10.2. The van der Waals surface area contributed by atoms with Gasteiger partial charge in [-0.15, -0.1) is 0 Å². The zero-order valence-corrected chi connectivity index (χ0v) is 11.2. The highest BCUT2D eigenvalue weighted by Gasteiger charge is 2.82. The molecule has 0 aromatic carbocycles. The summed E-state index contributed by atoms with van der Waals surface area (Å²) in [4.78, 5) is 3.70. The Morgan fingerprint density at radius 1 is 1.18 bits per heavy atom. The van der Waals surface area contributed by atoms with Gasteiger partial charge in [-0.25, -0.2) is 4.99 Å². The van der Waals surface area contributed by atoms with Gasteiger partial charge in [0.05, 0.1) is 12.5 Å². The summed E-state index contributed by atoms with van der Waals surface area (Å²) in [6, 6.07) is 0. The van der Waals surface area contributed by atoms with Gasteiger partial charge in [-0.05, 0) is 0 Å². The number of aliphatic imine (C=N–C) groups is 1.